The maximum absolute atomic E-state index is 5.52. The summed E-state index contributed by atoms with van der Waals surface area (Å²) in [4.78, 5) is 0. The fourth-order valence-corrected chi connectivity index (χ4v) is 5.33. The van der Waals surface area contributed by atoms with Gasteiger partial charge in [0.25, 0.3) is 0 Å². The van der Waals surface area contributed by atoms with E-state index < -0.39 is 9.04 Å². The fourth-order valence-electron chi connectivity index (χ4n) is 1.06. The molecule has 0 aromatic carbocycles. The van der Waals surface area contributed by atoms with E-state index in [-0.39, 0.29) is 0 Å². The molecule has 0 rings (SSSR count). The Morgan fingerprint density at radius 3 is 2.25 bits per heavy atom. The lowest BCUT2D eigenvalue weighted by Crippen LogP contribution is -2.25. The Bertz CT molecular complexity index is 148. The summed E-state index contributed by atoms with van der Waals surface area (Å²) in [6, 6.07) is 0. The molecule has 0 fully saturated rings. The SMILES string of the molecule is COC=C(OC)[SiH](O[SiH3])C(C)C. The summed E-state index contributed by atoms with van der Waals surface area (Å²) in [5.41, 5.74) is 0.545. The van der Waals surface area contributed by atoms with Crippen molar-refractivity contribution in [2.75, 3.05) is 14.2 Å². The standard InChI is InChI=1S/C7H18O3Si2/c1-6(2)12(10-11)7(9-4)5-8-3/h5-6,12H,1-4,11H3. The van der Waals surface area contributed by atoms with Crippen LogP contribution < -0.4 is 0 Å². The Morgan fingerprint density at radius 1 is 1.42 bits per heavy atom. The first-order valence-electron chi connectivity index (χ1n) is 3.97. The van der Waals surface area contributed by atoms with E-state index in [4.69, 9.17) is 13.6 Å². The second kappa shape index (κ2) is 6.27. The average Bonchev–Trinajstić information content (AvgIpc) is 2.03. The number of hydrogen-bond acceptors (Lipinski definition) is 3. The van der Waals surface area contributed by atoms with Crippen molar-refractivity contribution in [3.63, 3.8) is 0 Å². The molecule has 0 aliphatic heterocycles. The first kappa shape index (κ1) is 11.7. The molecule has 0 heterocycles. The highest BCUT2D eigenvalue weighted by atomic mass is 28.3. The molecule has 0 radical (unpaired) electrons. The molecule has 0 saturated heterocycles. The van der Waals surface area contributed by atoms with E-state index in [1.165, 1.54) is 0 Å². The molecule has 0 aromatic rings. The molecule has 5 heteroatoms. The largest absolute Gasteiger partial charge is 0.501 e. The van der Waals surface area contributed by atoms with Gasteiger partial charge in [-0.15, -0.1) is 0 Å². The van der Waals surface area contributed by atoms with E-state index in [0.717, 1.165) is 15.9 Å². The number of ether oxygens (including phenoxy) is 2. The van der Waals surface area contributed by atoms with Crippen LogP contribution in [0, 0.1) is 0 Å². The van der Waals surface area contributed by atoms with Gasteiger partial charge in [-0.3, -0.25) is 0 Å². The lowest BCUT2D eigenvalue weighted by molar-refractivity contribution is 0.263. The summed E-state index contributed by atoms with van der Waals surface area (Å²) >= 11 is 0. The van der Waals surface area contributed by atoms with Crippen molar-refractivity contribution in [3.05, 3.63) is 11.6 Å². The second-order valence-electron chi connectivity index (χ2n) is 2.86. The zero-order valence-electron chi connectivity index (χ0n) is 8.46. The topological polar surface area (TPSA) is 27.7 Å². The predicted molar refractivity (Wildman–Crippen MR) is 55.4 cm³/mol. The van der Waals surface area contributed by atoms with Crippen LogP contribution in [0.5, 0.6) is 0 Å². The van der Waals surface area contributed by atoms with Crippen molar-refractivity contribution in [1.29, 1.82) is 0 Å². The Balaban J connectivity index is 4.33. The van der Waals surface area contributed by atoms with Gasteiger partial charge in [-0.25, -0.2) is 0 Å². The van der Waals surface area contributed by atoms with Crippen LogP contribution in [0.15, 0.2) is 11.6 Å². The summed E-state index contributed by atoms with van der Waals surface area (Å²) in [7, 11) is 2.71. The second-order valence-corrected chi connectivity index (χ2v) is 7.49. The molecular formula is C7H18O3Si2. The first-order chi connectivity index (χ1) is 5.67. The molecule has 0 bridgehead atoms. The summed E-state index contributed by atoms with van der Waals surface area (Å²) < 4.78 is 15.6. The van der Waals surface area contributed by atoms with Gasteiger partial charge in [0.2, 0.25) is 9.04 Å². The summed E-state index contributed by atoms with van der Waals surface area (Å²) in [6.07, 6.45) is 1.65. The van der Waals surface area contributed by atoms with E-state index in [0.29, 0.717) is 5.54 Å². The van der Waals surface area contributed by atoms with E-state index in [9.17, 15) is 0 Å². The molecule has 0 aromatic heterocycles. The van der Waals surface area contributed by atoms with Crippen LogP contribution in [0.25, 0.3) is 0 Å². The first-order valence-corrected chi connectivity index (χ1v) is 6.50. The highest BCUT2D eigenvalue weighted by Crippen LogP contribution is 2.16. The van der Waals surface area contributed by atoms with Crippen molar-refractivity contribution in [2.45, 2.75) is 19.4 Å². The molecule has 0 spiro atoms. The Hall–Kier alpha value is -0.266. The minimum Gasteiger partial charge on any atom is -0.501 e. The average molecular weight is 206 g/mol. The Kier molecular flexibility index (Phi) is 6.13. The van der Waals surface area contributed by atoms with Crippen molar-refractivity contribution in [3.8, 4) is 0 Å². The molecule has 1 atom stereocenters. The van der Waals surface area contributed by atoms with Gasteiger partial charge in [0, 0.05) is 0 Å². The van der Waals surface area contributed by atoms with E-state index >= 15 is 0 Å². The van der Waals surface area contributed by atoms with E-state index in [1.807, 2.05) is 0 Å². The zero-order valence-corrected chi connectivity index (χ0v) is 11.6. The van der Waals surface area contributed by atoms with Crippen LogP contribution in [0.1, 0.15) is 13.8 Å². The normalized spacial score (nSPS) is 14.9. The minimum absolute atomic E-state index is 0.545. The Morgan fingerprint density at radius 2 is 2.00 bits per heavy atom. The monoisotopic (exact) mass is 206 g/mol. The Labute approximate surface area is 79.0 Å². The quantitative estimate of drug-likeness (QED) is 0.471. The predicted octanol–water partition coefficient (Wildman–Crippen LogP) is 0.0906. The molecule has 1 unspecified atom stereocenters. The van der Waals surface area contributed by atoms with E-state index in [2.05, 4.69) is 13.8 Å². The number of hydrogen-bond donors (Lipinski definition) is 0. The van der Waals surface area contributed by atoms with Gasteiger partial charge in [-0.05, 0) is 5.54 Å². The molecule has 0 saturated carbocycles. The van der Waals surface area contributed by atoms with Crippen LogP contribution in [0.2, 0.25) is 5.54 Å². The molecular weight excluding hydrogens is 188 g/mol. The third-order valence-electron chi connectivity index (χ3n) is 1.61. The minimum atomic E-state index is -1.34. The third kappa shape index (κ3) is 3.42. The molecule has 3 nitrogen and oxygen atoms in total. The van der Waals surface area contributed by atoms with Crippen molar-refractivity contribution in [2.24, 2.45) is 0 Å². The highest BCUT2D eigenvalue weighted by molar-refractivity contribution is 6.63. The molecule has 0 aliphatic rings. The summed E-state index contributed by atoms with van der Waals surface area (Å²) in [6.45, 7) is 4.30. The van der Waals surface area contributed by atoms with Crippen LogP contribution >= 0.6 is 0 Å². The summed E-state index contributed by atoms with van der Waals surface area (Å²) in [5, 5.41) is 0.891. The van der Waals surface area contributed by atoms with Gasteiger partial charge >= 0.3 is 0 Å². The fraction of sp³-hybridized carbons (Fsp3) is 0.714. The maximum Gasteiger partial charge on any atom is 0.243 e. The molecule has 0 aliphatic carbocycles. The van der Waals surface area contributed by atoms with Crippen LogP contribution in [0.3, 0.4) is 0 Å². The third-order valence-corrected chi connectivity index (χ3v) is 5.78. The lowest BCUT2D eigenvalue weighted by atomic mass is 10.6. The van der Waals surface area contributed by atoms with Gasteiger partial charge < -0.3 is 13.6 Å². The van der Waals surface area contributed by atoms with Crippen LogP contribution in [-0.2, 0) is 13.6 Å². The van der Waals surface area contributed by atoms with Crippen molar-refractivity contribution < 1.29 is 13.6 Å². The smallest absolute Gasteiger partial charge is 0.243 e. The number of rotatable bonds is 5. The highest BCUT2D eigenvalue weighted by Gasteiger charge is 2.21. The van der Waals surface area contributed by atoms with Gasteiger partial charge in [-0.1, -0.05) is 13.8 Å². The number of methoxy groups -OCH3 is 2. The van der Waals surface area contributed by atoms with Crippen molar-refractivity contribution >= 4 is 19.5 Å². The van der Waals surface area contributed by atoms with Gasteiger partial charge in [-0.2, -0.15) is 0 Å². The van der Waals surface area contributed by atoms with E-state index in [1.54, 1.807) is 20.5 Å². The van der Waals surface area contributed by atoms with Gasteiger partial charge in [0.15, 0.2) is 0 Å². The summed E-state index contributed by atoms with van der Waals surface area (Å²) in [5.74, 6) is 0. The van der Waals surface area contributed by atoms with Gasteiger partial charge in [0.1, 0.15) is 22.1 Å². The van der Waals surface area contributed by atoms with Gasteiger partial charge in [0.05, 0.1) is 14.2 Å². The molecule has 0 amide bonds. The molecule has 0 N–H and O–H groups in total. The maximum atomic E-state index is 5.52. The lowest BCUT2D eigenvalue weighted by Gasteiger charge is -2.19. The zero-order chi connectivity index (χ0) is 9.56. The molecule has 12 heavy (non-hydrogen) atoms. The van der Waals surface area contributed by atoms with Crippen molar-refractivity contribution in [1.82, 2.24) is 0 Å². The van der Waals surface area contributed by atoms with Crippen LogP contribution in [0.4, 0.5) is 0 Å². The molecule has 72 valence electrons. The van der Waals surface area contributed by atoms with Crippen LogP contribution in [-0.4, -0.2) is 33.7 Å².